The van der Waals surface area contributed by atoms with Crippen LogP contribution in [0.1, 0.15) is 61.8 Å². The standard InChI is InChI=1S/C34H44N2O4/c1-3-39-33(37)35(24-13-11-20-29-16-7-5-8-17-29)27-31-22-15-23-32(26-31)28-36(34(38)40-4-2)25-14-12-21-30-18-9-6-10-19-30/h5-10,15-19,22-23,26H,3-4,11-14,20-21,24-25,27-28H2,1-2H3. The van der Waals surface area contributed by atoms with E-state index in [4.69, 9.17) is 9.47 Å². The zero-order valence-electron chi connectivity index (χ0n) is 24.1. The van der Waals surface area contributed by atoms with Crippen molar-refractivity contribution in [3.8, 4) is 0 Å². The summed E-state index contributed by atoms with van der Waals surface area (Å²) in [5.41, 5.74) is 4.65. The number of hydrogen-bond acceptors (Lipinski definition) is 4. The molecule has 2 amide bonds. The van der Waals surface area contributed by atoms with Gasteiger partial charge < -0.3 is 19.3 Å². The summed E-state index contributed by atoms with van der Waals surface area (Å²) in [4.78, 5) is 29.0. The molecule has 3 rings (SSSR count). The molecule has 3 aromatic carbocycles. The predicted molar refractivity (Wildman–Crippen MR) is 160 cm³/mol. The van der Waals surface area contributed by atoms with Crippen LogP contribution in [-0.4, -0.2) is 48.3 Å². The van der Waals surface area contributed by atoms with Crippen molar-refractivity contribution in [1.29, 1.82) is 0 Å². The average Bonchev–Trinajstić information content (AvgIpc) is 2.97. The molecule has 40 heavy (non-hydrogen) atoms. The molecular weight excluding hydrogens is 500 g/mol. The summed E-state index contributed by atoms with van der Waals surface area (Å²) in [6, 6.07) is 28.9. The van der Waals surface area contributed by atoms with Gasteiger partial charge in [0.1, 0.15) is 0 Å². The van der Waals surface area contributed by atoms with Crippen molar-refractivity contribution in [3.63, 3.8) is 0 Å². The van der Waals surface area contributed by atoms with Crippen molar-refractivity contribution in [2.75, 3.05) is 26.3 Å². The Balaban J connectivity index is 1.57. The number of nitrogens with zero attached hydrogens (tertiary/aromatic N) is 2. The monoisotopic (exact) mass is 544 g/mol. The van der Waals surface area contributed by atoms with Crippen molar-refractivity contribution in [3.05, 3.63) is 107 Å². The molecule has 0 spiro atoms. The summed E-state index contributed by atoms with van der Waals surface area (Å²) in [6.07, 6.45) is 5.18. The molecule has 0 unspecified atom stereocenters. The quantitative estimate of drug-likeness (QED) is 0.174. The maximum absolute atomic E-state index is 12.7. The molecule has 0 aliphatic carbocycles. The van der Waals surface area contributed by atoms with Crippen LogP contribution in [0.25, 0.3) is 0 Å². The second kappa shape index (κ2) is 17.7. The molecule has 0 aliphatic heterocycles. The molecule has 6 heteroatoms. The topological polar surface area (TPSA) is 59.1 Å². The third kappa shape index (κ3) is 11.1. The van der Waals surface area contributed by atoms with Crippen LogP contribution in [0.5, 0.6) is 0 Å². The van der Waals surface area contributed by atoms with Crippen molar-refractivity contribution >= 4 is 12.2 Å². The highest BCUT2D eigenvalue weighted by atomic mass is 16.6. The molecule has 0 radical (unpaired) electrons. The Labute approximate surface area is 239 Å². The van der Waals surface area contributed by atoms with E-state index >= 15 is 0 Å². The predicted octanol–water partition coefficient (Wildman–Crippen LogP) is 7.65. The lowest BCUT2D eigenvalue weighted by atomic mass is 10.1. The van der Waals surface area contributed by atoms with Crippen molar-refractivity contribution in [1.82, 2.24) is 9.80 Å². The molecule has 0 saturated heterocycles. The highest BCUT2D eigenvalue weighted by Gasteiger charge is 2.17. The Bertz CT molecular complexity index is 1050. The van der Waals surface area contributed by atoms with Crippen LogP contribution in [0, 0.1) is 0 Å². The molecular formula is C34H44N2O4. The Morgan fingerprint density at radius 1 is 0.550 bits per heavy atom. The van der Waals surface area contributed by atoms with Gasteiger partial charge in [0.2, 0.25) is 0 Å². The molecule has 0 atom stereocenters. The van der Waals surface area contributed by atoms with Gasteiger partial charge in [-0.3, -0.25) is 0 Å². The minimum absolute atomic E-state index is 0.292. The first-order chi connectivity index (χ1) is 19.6. The molecule has 0 N–H and O–H groups in total. The van der Waals surface area contributed by atoms with Crippen LogP contribution in [0.3, 0.4) is 0 Å². The molecule has 3 aromatic rings. The third-order valence-electron chi connectivity index (χ3n) is 6.76. The molecule has 0 fully saturated rings. The van der Waals surface area contributed by atoms with E-state index in [1.54, 1.807) is 9.80 Å². The fourth-order valence-electron chi connectivity index (χ4n) is 4.72. The Morgan fingerprint density at radius 2 is 0.950 bits per heavy atom. The summed E-state index contributed by atoms with van der Waals surface area (Å²) in [7, 11) is 0. The van der Waals surface area contributed by atoms with Gasteiger partial charge in [-0.2, -0.15) is 0 Å². The second-order valence-electron chi connectivity index (χ2n) is 9.95. The molecule has 0 heterocycles. The van der Waals surface area contributed by atoms with Crippen molar-refractivity contribution in [2.24, 2.45) is 0 Å². The zero-order chi connectivity index (χ0) is 28.4. The van der Waals surface area contributed by atoms with Gasteiger partial charge >= 0.3 is 12.2 Å². The van der Waals surface area contributed by atoms with Gasteiger partial charge in [0.05, 0.1) is 13.2 Å². The summed E-state index contributed by atoms with van der Waals surface area (Å²) >= 11 is 0. The van der Waals surface area contributed by atoms with Crippen LogP contribution in [0.15, 0.2) is 84.9 Å². The maximum Gasteiger partial charge on any atom is 0.410 e. The lowest BCUT2D eigenvalue weighted by molar-refractivity contribution is 0.104. The number of hydrogen-bond donors (Lipinski definition) is 0. The highest BCUT2D eigenvalue weighted by Crippen LogP contribution is 2.15. The SMILES string of the molecule is CCOC(=O)N(CCCCc1ccccc1)Cc1cccc(CN(CCCCc2ccccc2)C(=O)OCC)c1. The number of benzene rings is 3. The Hall–Kier alpha value is -3.80. The number of amides is 2. The normalized spacial score (nSPS) is 10.7. The number of carbonyl (C=O) groups excluding carboxylic acids is 2. The van der Waals surface area contributed by atoms with Gasteiger partial charge in [0, 0.05) is 26.2 Å². The molecule has 0 aliphatic rings. The van der Waals surface area contributed by atoms with Gasteiger partial charge in [-0.25, -0.2) is 9.59 Å². The summed E-state index contributed by atoms with van der Waals surface area (Å²) in [5, 5.41) is 0. The summed E-state index contributed by atoms with van der Waals surface area (Å²) in [6.45, 7) is 6.55. The number of carbonyl (C=O) groups is 2. The largest absolute Gasteiger partial charge is 0.450 e. The van der Waals surface area contributed by atoms with Crippen LogP contribution in [-0.2, 0) is 35.4 Å². The Kier molecular flexibility index (Phi) is 13.6. The van der Waals surface area contributed by atoms with Crippen LogP contribution < -0.4 is 0 Å². The fourth-order valence-corrected chi connectivity index (χ4v) is 4.72. The van der Waals surface area contributed by atoms with Gasteiger partial charge in [0.15, 0.2) is 0 Å². The van der Waals surface area contributed by atoms with Crippen LogP contribution in [0.4, 0.5) is 9.59 Å². The smallest absolute Gasteiger partial charge is 0.410 e. The van der Waals surface area contributed by atoms with E-state index in [2.05, 4.69) is 54.6 Å². The molecule has 214 valence electrons. The van der Waals surface area contributed by atoms with Crippen molar-refractivity contribution in [2.45, 2.75) is 65.5 Å². The molecule has 0 aromatic heterocycles. The summed E-state index contributed by atoms with van der Waals surface area (Å²) in [5.74, 6) is 0. The first-order valence-corrected chi connectivity index (χ1v) is 14.6. The number of unbranched alkanes of at least 4 members (excludes halogenated alkanes) is 2. The first-order valence-electron chi connectivity index (χ1n) is 14.6. The van der Waals surface area contributed by atoms with E-state index in [-0.39, 0.29) is 12.2 Å². The highest BCUT2D eigenvalue weighted by molar-refractivity contribution is 5.68. The third-order valence-corrected chi connectivity index (χ3v) is 6.76. The van der Waals surface area contributed by atoms with Gasteiger partial charge in [0.25, 0.3) is 0 Å². The number of rotatable bonds is 16. The number of ether oxygens (including phenoxy) is 2. The first kappa shape index (κ1) is 30.7. The van der Waals surface area contributed by atoms with Gasteiger partial charge in [-0.05, 0) is 74.6 Å². The second-order valence-corrected chi connectivity index (χ2v) is 9.95. The molecule has 0 bridgehead atoms. The van der Waals surface area contributed by atoms with E-state index in [0.717, 1.165) is 49.7 Å². The van der Waals surface area contributed by atoms with Crippen LogP contribution in [0.2, 0.25) is 0 Å². The lowest BCUT2D eigenvalue weighted by Gasteiger charge is -2.24. The van der Waals surface area contributed by atoms with E-state index in [9.17, 15) is 9.59 Å². The van der Waals surface area contributed by atoms with Crippen molar-refractivity contribution < 1.29 is 19.1 Å². The fraction of sp³-hybridized carbons (Fsp3) is 0.412. The minimum Gasteiger partial charge on any atom is -0.450 e. The summed E-state index contributed by atoms with van der Waals surface area (Å²) < 4.78 is 10.7. The van der Waals surface area contributed by atoms with E-state index < -0.39 is 0 Å². The van der Waals surface area contributed by atoms with Gasteiger partial charge in [-0.15, -0.1) is 0 Å². The van der Waals surface area contributed by atoms with E-state index in [1.165, 1.54) is 11.1 Å². The maximum atomic E-state index is 12.7. The average molecular weight is 545 g/mol. The van der Waals surface area contributed by atoms with Gasteiger partial charge in [-0.1, -0.05) is 84.9 Å². The minimum atomic E-state index is -0.292. The molecule has 6 nitrogen and oxygen atoms in total. The van der Waals surface area contributed by atoms with E-state index in [1.807, 2.05) is 44.2 Å². The molecule has 0 saturated carbocycles. The van der Waals surface area contributed by atoms with Crippen LogP contribution >= 0.6 is 0 Å². The lowest BCUT2D eigenvalue weighted by Crippen LogP contribution is -2.33. The zero-order valence-corrected chi connectivity index (χ0v) is 24.1. The Morgan fingerprint density at radius 3 is 1.35 bits per heavy atom. The van der Waals surface area contributed by atoms with E-state index in [0.29, 0.717) is 39.4 Å². The number of aryl methyl sites for hydroxylation is 2.